The first-order valence-corrected chi connectivity index (χ1v) is 12.5. The molecule has 0 aliphatic carbocycles. The average molecular weight is 485 g/mol. The Balaban J connectivity index is 1.30. The van der Waals surface area contributed by atoms with E-state index >= 15 is 0 Å². The number of nitrogens with zero attached hydrogens (tertiary/aromatic N) is 2. The molecule has 1 atom stereocenters. The molecule has 0 amide bonds. The van der Waals surface area contributed by atoms with E-state index in [-0.39, 0.29) is 5.97 Å². The molecule has 0 bridgehead atoms. The van der Waals surface area contributed by atoms with E-state index in [0.29, 0.717) is 24.7 Å². The molecular formula is C30H32N2O4. The maximum absolute atomic E-state index is 12.1. The third kappa shape index (κ3) is 5.14. The number of benzene rings is 2. The molecule has 0 spiro atoms. The van der Waals surface area contributed by atoms with Crippen molar-refractivity contribution in [3.8, 4) is 5.75 Å². The van der Waals surface area contributed by atoms with E-state index in [1.54, 1.807) is 18.5 Å². The van der Waals surface area contributed by atoms with Gasteiger partial charge in [-0.2, -0.15) is 0 Å². The van der Waals surface area contributed by atoms with E-state index < -0.39 is 0 Å². The molecule has 5 rings (SSSR count). The molecule has 2 aliphatic heterocycles. The van der Waals surface area contributed by atoms with Crippen molar-refractivity contribution in [2.45, 2.75) is 31.6 Å². The van der Waals surface area contributed by atoms with Crippen molar-refractivity contribution in [3.05, 3.63) is 89.3 Å². The van der Waals surface area contributed by atoms with Gasteiger partial charge < -0.3 is 19.1 Å². The number of hydrogen-bond acceptors (Lipinski definition) is 6. The van der Waals surface area contributed by atoms with Crippen molar-refractivity contribution < 1.29 is 19.0 Å². The standard InChI is InChI=1S/C30H32N2O4/c1-32(25-7-5-21(6-8-25)22-12-16-35-17-13-22)26-9-10-27-23(14-18-36-29(27)19-26)3-4-24-20-31-15-11-28(24)30(33)34-2/h5-12,15,19-20,23H,3-4,13-14,16-18H2,1-2H3/t23-/m1/s1. The third-order valence-corrected chi connectivity index (χ3v) is 7.21. The number of anilines is 2. The highest BCUT2D eigenvalue weighted by atomic mass is 16.5. The zero-order valence-electron chi connectivity index (χ0n) is 20.9. The molecule has 0 radical (unpaired) electrons. The molecule has 3 heterocycles. The lowest BCUT2D eigenvalue weighted by atomic mass is 9.87. The number of esters is 1. The average Bonchev–Trinajstić information content (AvgIpc) is 2.95. The Hall–Kier alpha value is -3.64. The second-order valence-electron chi connectivity index (χ2n) is 9.28. The van der Waals surface area contributed by atoms with Gasteiger partial charge in [0.05, 0.1) is 32.5 Å². The second-order valence-corrected chi connectivity index (χ2v) is 9.28. The van der Waals surface area contributed by atoms with Gasteiger partial charge in [0.15, 0.2) is 0 Å². The number of aryl methyl sites for hydroxylation is 1. The molecule has 0 saturated heterocycles. The van der Waals surface area contributed by atoms with E-state index in [0.717, 1.165) is 55.0 Å². The minimum atomic E-state index is -0.315. The van der Waals surface area contributed by atoms with Crippen molar-refractivity contribution in [2.24, 2.45) is 0 Å². The van der Waals surface area contributed by atoms with Crippen LogP contribution >= 0.6 is 0 Å². The fourth-order valence-electron chi connectivity index (χ4n) is 5.06. The molecule has 1 aromatic heterocycles. The van der Waals surface area contributed by atoms with Gasteiger partial charge in [-0.3, -0.25) is 4.98 Å². The van der Waals surface area contributed by atoms with E-state index in [1.807, 2.05) is 0 Å². The Kier molecular flexibility index (Phi) is 7.33. The summed E-state index contributed by atoms with van der Waals surface area (Å²) in [6.07, 6.45) is 9.18. The Bertz CT molecular complexity index is 1250. The molecule has 2 aromatic carbocycles. The van der Waals surface area contributed by atoms with Gasteiger partial charge >= 0.3 is 5.97 Å². The number of carbonyl (C=O) groups is 1. The summed E-state index contributed by atoms with van der Waals surface area (Å²) < 4.78 is 16.4. The zero-order chi connectivity index (χ0) is 24.9. The van der Waals surface area contributed by atoms with Gasteiger partial charge in [0.2, 0.25) is 0 Å². The topological polar surface area (TPSA) is 60.9 Å². The normalized spacial score (nSPS) is 16.9. The molecule has 186 valence electrons. The summed E-state index contributed by atoms with van der Waals surface area (Å²) in [5.41, 5.74) is 7.58. The maximum Gasteiger partial charge on any atom is 0.338 e. The van der Waals surface area contributed by atoms with Crippen molar-refractivity contribution in [3.63, 3.8) is 0 Å². The molecule has 36 heavy (non-hydrogen) atoms. The summed E-state index contributed by atoms with van der Waals surface area (Å²) in [6.45, 7) is 2.18. The summed E-state index contributed by atoms with van der Waals surface area (Å²) >= 11 is 0. The highest BCUT2D eigenvalue weighted by molar-refractivity contribution is 5.90. The first-order chi connectivity index (χ1) is 17.6. The molecule has 0 unspecified atom stereocenters. The Labute approximate surface area is 212 Å². The van der Waals surface area contributed by atoms with Crippen LogP contribution in [0.3, 0.4) is 0 Å². The predicted octanol–water partition coefficient (Wildman–Crippen LogP) is 5.94. The molecule has 3 aromatic rings. The van der Waals surface area contributed by atoms with Crippen LogP contribution in [0.5, 0.6) is 5.75 Å². The summed E-state index contributed by atoms with van der Waals surface area (Å²) in [6, 6.07) is 16.9. The second kappa shape index (κ2) is 11.0. The molecule has 6 heteroatoms. The van der Waals surface area contributed by atoms with Crippen LogP contribution in [0.4, 0.5) is 11.4 Å². The monoisotopic (exact) mass is 484 g/mol. The summed E-state index contributed by atoms with van der Waals surface area (Å²) in [4.78, 5) is 18.5. The number of ether oxygens (including phenoxy) is 3. The number of pyridine rings is 1. The number of hydrogen-bond donors (Lipinski definition) is 0. The van der Waals surface area contributed by atoms with Crippen molar-refractivity contribution in [1.82, 2.24) is 4.98 Å². The van der Waals surface area contributed by atoms with Crippen LogP contribution in [0.25, 0.3) is 5.57 Å². The van der Waals surface area contributed by atoms with E-state index in [1.165, 1.54) is 23.8 Å². The van der Waals surface area contributed by atoms with Crippen LogP contribution in [0.2, 0.25) is 0 Å². The van der Waals surface area contributed by atoms with Crippen molar-refractivity contribution >= 4 is 22.9 Å². The lowest BCUT2D eigenvalue weighted by Gasteiger charge is -2.28. The number of aromatic nitrogens is 1. The van der Waals surface area contributed by atoms with E-state index in [2.05, 4.69) is 65.5 Å². The molecule has 0 fully saturated rings. The summed E-state index contributed by atoms with van der Waals surface area (Å²) in [5.74, 6) is 0.995. The molecule has 0 N–H and O–H groups in total. The van der Waals surface area contributed by atoms with Crippen LogP contribution in [-0.2, 0) is 15.9 Å². The van der Waals surface area contributed by atoms with Crippen molar-refractivity contribution in [1.29, 1.82) is 0 Å². The van der Waals surface area contributed by atoms with Crippen LogP contribution in [0.15, 0.2) is 67.0 Å². The lowest BCUT2D eigenvalue weighted by Crippen LogP contribution is -2.17. The largest absolute Gasteiger partial charge is 0.493 e. The number of fused-ring (bicyclic) bond motifs is 1. The maximum atomic E-state index is 12.1. The van der Waals surface area contributed by atoms with Gasteiger partial charge in [-0.15, -0.1) is 0 Å². The van der Waals surface area contributed by atoms with Gasteiger partial charge in [0, 0.05) is 36.9 Å². The van der Waals surface area contributed by atoms with Gasteiger partial charge in [0.1, 0.15) is 5.75 Å². The smallest absolute Gasteiger partial charge is 0.338 e. The van der Waals surface area contributed by atoms with E-state index in [4.69, 9.17) is 14.2 Å². The Morgan fingerprint density at radius 3 is 2.72 bits per heavy atom. The van der Waals surface area contributed by atoms with Crippen LogP contribution in [0, 0.1) is 0 Å². The number of carbonyl (C=O) groups excluding carboxylic acids is 1. The first kappa shape index (κ1) is 24.1. The summed E-state index contributed by atoms with van der Waals surface area (Å²) in [5, 5.41) is 0. The Morgan fingerprint density at radius 1 is 1.11 bits per heavy atom. The van der Waals surface area contributed by atoms with Gasteiger partial charge in [-0.05, 0) is 78.1 Å². The fourth-order valence-corrected chi connectivity index (χ4v) is 5.06. The highest BCUT2D eigenvalue weighted by Crippen LogP contribution is 2.40. The fraction of sp³-hybridized carbons (Fsp3) is 0.333. The minimum absolute atomic E-state index is 0.315. The minimum Gasteiger partial charge on any atom is -0.493 e. The van der Waals surface area contributed by atoms with Crippen LogP contribution in [0.1, 0.15) is 52.2 Å². The molecule has 2 aliphatic rings. The first-order valence-electron chi connectivity index (χ1n) is 12.5. The highest BCUT2D eigenvalue weighted by Gasteiger charge is 2.23. The molecule has 6 nitrogen and oxygen atoms in total. The van der Waals surface area contributed by atoms with Gasteiger partial charge in [-0.25, -0.2) is 4.79 Å². The zero-order valence-corrected chi connectivity index (χ0v) is 20.9. The summed E-state index contributed by atoms with van der Waals surface area (Å²) in [7, 11) is 3.50. The number of methoxy groups -OCH3 is 1. The van der Waals surface area contributed by atoms with Crippen LogP contribution in [-0.4, -0.2) is 44.9 Å². The third-order valence-electron chi connectivity index (χ3n) is 7.21. The Morgan fingerprint density at radius 2 is 1.94 bits per heavy atom. The molecular weight excluding hydrogens is 452 g/mol. The van der Waals surface area contributed by atoms with Crippen molar-refractivity contribution in [2.75, 3.05) is 38.9 Å². The quantitative estimate of drug-likeness (QED) is 0.387. The SMILES string of the molecule is COC(=O)c1ccncc1CC[C@@H]1CCOc2cc(N(C)c3ccc(C4=CCOCC4)cc3)ccc21. The van der Waals surface area contributed by atoms with Gasteiger partial charge in [0.25, 0.3) is 0 Å². The van der Waals surface area contributed by atoms with Gasteiger partial charge in [-0.1, -0.05) is 24.3 Å². The molecule has 0 saturated carbocycles. The number of rotatable bonds is 7. The lowest BCUT2D eigenvalue weighted by molar-refractivity contribution is 0.0599. The predicted molar refractivity (Wildman–Crippen MR) is 141 cm³/mol. The van der Waals surface area contributed by atoms with Crippen LogP contribution < -0.4 is 9.64 Å². The van der Waals surface area contributed by atoms with E-state index in [9.17, 15) is 4.79 Å².